The fourth-order valence-electron chi connectivity index (χ4n) is 1.51. The maximum Gasteiger partial charge on any atom is 0.433 e. The average molecular weight is 203 g/mol. The highest BCUT2D eigenvalue weighted by atomic mass is 19.4. The molecular formula is C8H8F3N3. The molecule has 0 unspecified atom stereocenters. The Morgan fingerprint density at radius 3 is 2.79 bits per heavy atom. The second-order valence-electron chi connectivity index (χ2n) is 3.07. The summed E-state index contributed by atoms with van der Waals surface area (Å²) in [5.41, 5.74) is -0.118. The van der Waals surface area contributed by atoms with Crippen LogP contribution in [0.15, 0.2) is 6.33 Å². The Labute approximate surface area is 78.4 Å². The van der Waals surface area contributed by atoms with Gasteiger partial charge in [0.2, 0.25) is 0 Å². The first-order valence-electron chi connectivity index (χ1n) is 4.19. The summed E-state index contributed by atoms with van der Waals surface area (Å²) < 4.78 is 37.4. The van der Waals surface area contributed by atoms with Crippen LogP contribution in [-0.2, 0) is 19.1 Å². The van der Waals surface area contributed by atoms with E-state index in [1.807, 2.05) is 0 Å². The third-order valence-electron chi connectivity index (χ3n) is 2.14. The van der Waals surface area contributed by atoms with Gasteiger partial charge in [-0.05, 0) is 0 Å². The van der Waals surface area contributed by atoms with E-state index in [0.717, 1.165) is 6.33 Å². The summed E-state index contributed by atoms with van der Waals surface area (Å²) in [5.74, 6) is 0. The fourth-order valence-corrected chi connectivity index (χ4v) is 1.51. The molecule has 14 heavy (non-hydrogen) atoms. The zero-order chi connectivity index (χ0) is 10.2. The molecule has 1 aromatic rings. The van der Waals surface area contributed by atoms with Crippen LogP contribution in [-0.4, -0.2) is 16.5 Å². The number of halogens is 3. The normalized spacial score (nSPS) is 16.5. The van der Waals surface area contributed by atoms with Gasteiger partial charge < -0.3 is 5.32 Å². The van der Waals surface area contributed by atoms with Crippen LogP contribution in [0.3, 0.4) is 0 Å². The van der Waals surface area contributed by atoms with Gasteiger partial charge in [0.15, 0.2) is 5.69 Å². The number of aromatic nitrogens is 2. The van der Waals surface area contributed by atoms with Gasteiger partial charge in [-0.15, -0.1) is 0 Å². The van der Waals surface area contributed by atoms with E-state index >= 15 is 0 Å². The Bertz CT molecular complexity index is 348. The second kappa shape index (κ2) is 3.20. The number of alkyl halides is 3. The lowest BCUT2D eigenvalue weighted by Crippen LogP contribution is -2.28. The van der Waals surface area contributed by atoms with Crippen LogP contribution in [0.5, 0.6) is 0 Å². The largest absolute Gasteiger partial charge is 0.433 e. The van der Waals surface area contributed by atoms with Gasteiger partial charge in [-0.1, -0.05) is 0 Å². The summed E-state index contributed by atoms with van der Waals surface area (Å²) in [6.45, 7) is 0.867. The van der Waals surface area contributed by atoms with Gasteiger partial charge in [0, 0.05) is 25.1 Å². The molecule has 6 heteroatoms. The summed E-state index contributed by atoms with van der Waals surface area (Å²) in [6.07, 6.45) is -2.88. The second-order valence-corrected chi connectivity index (χ2v) is 3.07. The van der Waals surface area contributed by atoms with Crippen molar-refractivity contribution in [2.75, 3.05) is 6.54 Å². The number of nitrogens with zero attached hydrogens (tertiary/aromatic N) is 2. The van der Waals surface area contributed by atoms with Crippen molar-refractivity contribution >= 4 is 0 Å². The number of rotatable bonds is 0. The first kappa shape index (κ1) is 9.39. The molecule has 1 aliphatic rings. The van der Waals surface area contributed by atoms with Crippen LogP contribution in [0.2, 0.25) is 0 Å². The maximum atomic E-state index is 12.5. The molecule has 0 saturated heterocycles. The summed E-state index contributed by atoms with van der Waals surface area (Å²) >= 11 is 0. The Hall–Kier alpha value is -1.17. The molecule has 76 valence electrons. The molecule has 0 bridgehead atoms. The fraction of sp³-hybridized carbons (Fsp3) is 0.500. The van der Waals surface area contributed by atoms with Crippen LogP contribution >= 0.6 is 0 Å². The molecule has 1 aromatic heterocycles. The highest BCUT2D eigenvalue weighted by molar-refractivity contribution is 5.28. The average Bonchev–Trinajstić information content (AvgIpc) is 2.15. The topological polar surface area (TPSA) is 37.8 Å². The molecule has 0 aromatic carbocycles. The predicted molar refractivity (Wildman–Crippen MR) is 42.4 cm³/mol. The lowest BCUT2D eigenvalue weighted by molar-refractivity contribution is -0.142. The molecule has 3 nitrogen and oxygen atoms in total. The van der Waals surface area contributed by atoms with Crippen molar-refractivity contribution in [3.63, 3.8) is 0 Å². The van der Waals surface area contributed by atoms with Crippen LogP contribution in [0.1, 0.15) is 17.0 Å². The maximum absolute atomic E-state index is 12.5. The van der Waals surface area contributed by atoms with Crippen molar-refractivity contribution in [3.05, 3.63) is 23.3 Å². The Morgan fingerprint density at radius 1 is 1.29 bits per heavy atom. The van der Waals surface area contributed by atoms with E-state index in [-0.39, 0.29) is 12.1 Å². The van der Waals surface area contributed by atoms with E-state index in [1.165, 1.54) is 0 Å². The number of nitrogens with one attached hydrogen (secondary N) is 1. The Balaban J connectivity index is 2.51. The number of hydrogen-bond acceptors (Lipinski definition) is 3. The number of hydrogen-bond donors (Lipinski definition) is 1. The van der Waals surface area contributed by atoms with E-state index in [1.54, 1.807) is 0 Å². The van der Waals surface area contributed by atoms with Crippen LogP contribution in [0.4, 0.5) is 13.2 Å². The van der Waals surface area contributed by atoms with Crippen molar-refractivity contribution in [1.29, 1.82) is 0 Å². The lowest BCUT2D eigenvalue weighted by atomic mass is 10.1. The van der Waals surface area contributed by atoms with Crippen molar-refractivity contribution in [3.8, 4) is 0 Å². The summed E-state index contributed by atoms with van der Waals surface area (Å²) in [5, 5.41) is 2.87. The summed E-state index contributed by atoms with van der Waals surface area (Å²) in [7, 11) is 0. The molecule has 0 saturated carbocycles. The van der Waals surface area contributed by atoms with Gasteiger partial charge in [0.05, 0.1) is 5.69 Å². The highest BCUT2D eigenvalue weighted by Gasteiger charge is 2.36. The van der Waals surface area contributed by atoms with Crippen molar-refractivity contribution < 1.29 is 13.2 Å². The molecule has 1 aliphatic heterocycles. The molecule has 0 aliphatic carbocycles. The quantitative estimate of drug-likeness (QED) is 0.687. The monoisotopic (exact) mass is 203 g/mol. The van der Waals surface area contributed by atoms with Crippen molar-refractivity contribution in [2.45, 2.75) is 19.1 Å². The SMILES string of the molecule is FC(F)(F)c1ncnc2c1CNCC2. The molecule has 0 amide bonds. The molecule has 1 N–H and O–H groups in total. The number of fused-ring (bicyclic) bond motifs is 1. The van der Waals surface area contributed by atoms with Crippen LogP contribution in [0, 0.1) is 0 Å². The lowest BCUT2D eigenvalue weighted by Gasteiger charge is -2.19. The third-order valence-corrected chi connectivity index (χ3v) is 2.14. The van der Waals surface area contributed by atoms with Gasteiger partial charge in [0.1, 0.15) is 6.33 Å². The Kier molecular flexibility index (Phi) is 2.14. The van der Waals surface area contributed by atoms with E-state index in [9.17, 15) is 13.2 Å². The van der Waals surface area contributed by atoms with Gasteiger partial charge in [-0.3, -0.25) is 0 Å². The van der Waals surface area contributed by atoms with Crippen LogP contribution in [0.25, 0.3) is 0 Å². The molecule has 0 atom stereocenters. The van der Waals surface area contributed by atoms with E-state index in [4.69, 9.17) is 0 Å². The molecule has 0 spiro atoms. The summed E-state index contributed by atoms with van der Waals surface area (Å²) in [4.78, 5) is 7.13. The zero-order valence-electron chi connectivity index (χ0n) is 7.23. The van der Waals surface area contributed by atoms with Crippen molar-refractivity contribution in [1.82, 2.24) is 15.3 Å². The minimum Gasteiger partial charge on any atom is -0.312 e. The summed E-state index contributed by atoms with van der Waals surface area (Å²) in [6, 6.07) is 0. The first-order valence-corrected chi connectivity index (χ1v) is 4.19. The third kappa shape index (κ3) is 1.57. The Morgan fingerprint density at radius 2 is 2.07 bits per heavy atom. The van der Waals surface area contributed by atoms with E-state index in [0.29, 0.717) is 18.7 Å². The molecule has 0 radical (unpaired) electrons. The van der Waals surface area contributed by atoms with E-state index < -0.39 is 11.9 Å². The molecule has 0 fully saturated rings. The molecular weight excluding hydrogens is 195 g/mol. The van der Waals surface area contributed by atoms with Gasteiger partial charge in [0.25, 0.3) is 0 Å². The minimum atomic E-state index is -4.38. The zero-order valence-corrected chi connectivity index (χ0v) is 7.23. The van der Waals surface area contributed by atoms with Gasteiger partial charge >= 0.3 is 6.18 Å². The highest BCUT2D eigenvalue weighted by Crippen LogP contribution is 2.31. The predicted octanol–water partition coefficient (Wildman–Crippen LogP) is 1.14. The van der Waals surface area contributed by atoms with Crippen molar-refractivity contribution in [2.24, 2.45) is 0 Å². The van der Waals surface area contributed by atoms with Gasteiger partial charge in [-0.2, -0.15) is 13.2 Å². The van der Waals surface area contributed by atoms with Gasteiger partial charge in [-0.25, -0.2) is 9.97 Å². The first-order chi connectivity index (χ1) is 6.59. The molecule has 2 heterocycles. The van der Waals surface area contributed by atoms with Crippen LogP contribution < -0.4 is 5.32 Å². The smallest absolute Gasteiger partial charge is 0.312 e. The standard InChI is InChI=1S/C8H8F3N3/c9-8(10,11)7-5-3-12-2-1-6(5)13-4-14-7/h4,12H,1-3H2. The molecule has 2 rings (SSSR count). The minimum absolute atomic E-state index is 0.186. The van der Waals surface area contributed by atoms with E-state index in [2.05, 4.69) is 15.3 Å².